The predicted octanol–water partition coefficient (Wildman–Crippen LogP) is 2.33. The summed E-state index contributed by atoms with van der Waals surface area (Å²) in [6, 6.07) is 0. The first-order valence-corrected chi connectivity index (χ1v) is 5.86. The van der Waals surface area contributed by atoms with Gasteiger partial charge in [0.15, 0.2) is 0 Å². The summed E-state index contributed by atoms with van der Waals surface area (Å²) in [6.07, 6.45) is 6.99. The lowest BCUT2D eigenvalue weighted by Gasteiger charge is -2.24. The molecule has 0 spiro atoms. The van der Waals surface area contributed by atoms with Crippen molar-refractivity contribution in [1.29, 1.82) is 0 Å². The maximum absolute atomic E-state index is 10.9. The topological polar surface area (TPSA) is 35.5 Å². The lowest BCUT2D eigenvalue weighted by molar-refractivity contribution is -0.121. The van der Waals surface area contributed by atoms with Crippen LogP contribution in [0.3, 0.4) is 0 Å². The quantitative estimate of drug-likeness (QED) is 0.680. The molecule has 1 atom stereocenters. The molecule has 1 fully saturated rings. The van der Waals surface area contributed by atoms with E-state index >= 15 is 0 Å². The first-order valence-electron chi connectivity index (χ1n) is 5.86. The van der Waals surface area contributed by atoms with Gasteiger partial charge in [-0.05, 0) is 19.8 Å². The molecule has 0 aliphatic heterocycles. The molecule has 0 N–H and O–H groups in total. The van der Waals surface area contributed by atoms with E-state index in [0.717, 1.165) is 12.8 Å². The molecule has 1 saturated carbocycles. The van der Waals surface area contributed by atoms with Crippen LogP contribution < -0.4 is 0 Å². The molecular formula is C12H22O3. The zero-order valence-corrected chi connectivity index (χ0v) is 9.83. The zero-order valence-electron chi connectivity index (χ0n) is 9.83. The zero-order chi connectivity index (χ0) is 11.1. The van der Waals surface area contributed by atoms with Gasteiger partial charge >= 0.3 is 0 Å². The highest BCUT2D eigenvalue weighted by Gasteiger charge is 2.17. The second-order valence-corrected chi connectivity index (χ2v) is 4.36. The summed E-state index contributed by atoms with van der Waals surface area (Å²) in [6.45, 7) is 2.15. The Morgan fingerprint density at radius 3 is 2.53 bits per heavy atom. The Hall–Kier alpha value is -0.410. The number of Topliss-reactive ketones (excluding diaryl/α,β-unsaturated/α-hetero) is 1. The minimum absolute atomic E-state index is 0.0653. The first kappa shape index (κ1) is 12.7. The van der Waals surface area contributed by atoms with Crippen LogP contribution in [-0.4, -0.2) is 31.7 Å². The summed E-state index contributed by atoms with van der Waals surface area (Å²) in [5, 5.41) is 0. The van der Waals surface area contributed by atoms with Crippen molar-refractivity contribution in [1.82, 2.24) is 0 Å². The molecule has 1 aliphatic rings. The Balaban J connectivity index is 2.17. The van der Waals surface area contributed by atoms with Gasteiger partial charge < -0.3 is 9.47 Å². The average Bonchev–Trinajstić information content (AvgIpc) is 2.25. The van der Waals surface area contributed by atoms with Gasteiger partial charge in [0.2, 0.25) is 0 Å². The molecular weight excluding hydrogens is 192 g/mol. The molecule has 88 valence electrons. The molecule has 0 bridgehead atoms. The fraction of sp³-hybridized carbons (Fsp3) is 0.917. The second-order valence-electron chi connectivity index (χ2n) is 4.36. The lowest BCUT2D eigenvalue weighted by Crippen LogP contribution is -2.26. The Labute approximate surface area is 92.1 Å². The molecule has 3 heteroatoms. The van der Waals surface area contributed by atoms with E-state index in [2.05, 4.69) is 0 Å². The Bertz CT molecular complexity index is 185. The number of methoxy groups -OCH3 is 1. The van der Waals surface area contributed by atoms with Gasteiger partial charge in [0.25, 0.3) is 0 Å². The van der Waals surface area contributed by atoms with Crippen molar-refractivity contribution in [3.63, 3.8) is 0 Å². The fourth-order valence-corrected chi connectivity index (χ4v) is 2.01. The molecule has 0 aromatic carbocycles. The Morgan fingerprint density at radius 2 is 2.00 bits per heavy atom. The summed E-state index contributed by atoms with van der Waals surface area (Å²) in [5.41, 5.74) is 0. The molecule has 3 nitrogen and oxygen atoms in total. The molecule has 1 unspecified atom stereocenters. The monoisotopic (exact) mass is 214 g/mol. The maximum Gasteiger partial charge on any atom is 0.132 e. The van der Waals surface area contributed by atoms with E-state index in [4.69, 9.17) is 9.47 Å². The van der Waals surface area contributed by atoms with Gasteiger partial charge in [0.05, 0.1) is 18.8 Å². The molecule has 0 amide bonds. The summed E-state index contributed by atoms with van der Waals surface area (Å²) in [4.78, 5) is 10.9. The minimum Gasteiger partial charge on any atom is -0.379 e. The summed E-state index contributed by atoms with van der Waals surface area (Å²) in [7, 11) is 1.64. The van der Waals surface area contributed by atoms with Crippen LogP contribution in [0, 0.1) is 0 Å². The molecule has 0 aromatic heterocycles. The van der Waals surface area contributed by atoms with Crippen LogP contribution in [0.1, 0.15) is 45.4 Å². The van der Waals surface area contributed by atoms with Crippen molar-refractivity contribution in [2.75, 3.05) is 13.7 Å². The molecule has 1 aliphatic carbocycles. The maximum atomic E-state index is 10.9. The van der Waals surface area contributed by atoms with Gasteiger partial charge in [0.1, 0.15) is 5.78 Å². The van der Waals surface area contributed by atoms with E-state index in [9.17, 15) is 4.79 Å². The number of hydrogen-bond donors (Lipinski definition) is 0. The van der Waals surface area contributed by atoms with E-state index in [-0.39, 0.29) is 11.9 Å². The van der Waals surface area contributed by atoms with Crippen molar-refractivity contribution in [3.05, 3.63) is 0 Å². The molecule has 1 rings (SSSR count). The fourth-order valence-electron chi connectivity index (χ4n) is 2.01. The predicted molar refractivity (Wildman–Crippen MR) is 58.9 cm³/mol. The number of hydrogen-bond acceptors (Lipinski definition) is 3. The van der Waals surface area contributed by atoms with Crippen molar-refractivity contribution >= 4 is 5.78 Å². The smallest absolute Gasteiger partial charge is 0.132 e. The van der Waals surface area contributed by atoms with Crippen molar-refractivity contribution in [2.24, 2.45) is 0 Å². The van der Waals surface area contributed by atoms with Gasteiger partial charge in [-0.15, -0.1) is 0 Å². The largest absolute Gasteiger partial charge is 0.379 e. The first-order chi connectivity index (χ1) is 7.22. The van der Waals surface area contributed by atoms with Crippen molar-refractivity contribution in [2.45, 2.75) is 57.7 Å². The molecule has 0 aromatic rings. The van der Waals surface area contributed by atoms with Crippen LogP contribution in [0.15, 0.2) is 0 Å². The molecule has 0 heterocycles. The summed E-state index contributed by atoms with van der Waals surface area (Å²) >= 11 is 0. The SMILES string of the molecule is COC(COC1CCCCC1)CC(C)=O. The Kier molecular flexibility index (Phi) is 5.88. The average molecular weight is 214 g/mol. The van der Waals surface area contributed by atoms with Crippen LogP contribution in [0.2, 0.25) is 0 Å². The normalized spacial score (nSPS) is 20.1. The number of carbonyl (C=O) groups excluding carboxylic acids is 1. The van der Waals surface area contributed by atoms with E-state index in [0.29, 0.717) is 19.1 Å². The lowest BCUT2D eigenvalue weighted by atomic mass is 9.98. The number of carbonyl (C=O) groups is 1. The van der Waals surface area contributed by atoms with Crippen molar-refractivity contribution in [3.8, 4) is 0 Å². The van der Waals surface area contributed by atoms with E-state index in [1.807, 2.05) is 0 Å². The van der Waals surface area contributed by atoms with Crippen LogP contribution >= 0.6 is 0 Å². The van der Waals surface area contributed by atoms with Gasteiger partial charge in [-0.2, -0.15) is 0 Å². The van der Waals surface area contributed by atoms with Gasteiger partial charge in [-0.1, -0.05) is 19.3 Å². The third-order valence-electron chi connectivity index (χ3n) is 2.92. The van der Waals surface area contributed by atoms with Crippen molar-refractivity contribution < 1.29 is 14.3 Å². The van der Waals surface area contributed by atoms with E-state index in [1.165, 1.54) is 19.3 Å². The van der Waals surface area contributed by atoms with E-state index < -0.39 is 0 Å². The minimum atomic E-state index is -0.0653. The highest BCUT2D eigenvalue weighted by atomic mass is 16.5. The Morgan fingerprint density at radius 1 is 1.33 bits per heavy atom. The van der Waals surface area contributed by atoms with Crippen LogP contribution in [0.25, 0.3) is 0 Å². The highest BCUT2D eigenvalue weighted by molar-refractivity contribution is 5.75. The molecule has 0 saturated heterocycles. The molecule has 15 heavy (non-hydrogen) atoms. The van der Waals surface area contributed by atoms with Crippen LogP contribution in [0.5, 0.6) is 0 Å². The highest BCUT2D eigenvalue weighted by Crippen LogP contribution is 2.20. The number of ketones is 1. The third kappa shape index (κ3) is 5.28. The molecule has 0 radical (unpaired) electrons. The van der Waals surface area contributed by atoms with Gasteiger partial charge in [-0.25, -0.2) is 0 Å². The second kappa shape index (κ2) is 6.96. The van der Waals surface area contributed by atoms with Crippen LogP contribution in [0.4, 0.5) is 0 Å². The standard InChI is InChI=1S/C12H22O3/c1-10(13)8-12(14-2)9-15-11-6-4-3-5-7-11/h11-12H,3-9H2,1-2H3. The number of rotatable bonds is 6. The summed E-state index contributed by atoms with van der Waals surface area (Å²) < 4.78 is 11.0. The van der Waals surface area contributed by atoms with Gasteiger partial charge in [0, 0.05) is 13.5 Å². The summed E-state index contributed by atoms with van der Waals surface area (Å²) in [5.74, 6) is 0.161. The van der Waals surface area contributed by atoms with Gasteiger partial charge in [-0.3, -0.25) is 4.79 Å². The number of ether oxygens (including phenoxy) is 2. The van der Waals surface area contributed by atoms with Crippen LogP contribution in [-0.2, 0) is 14.3 Å². The third-order valence-corrected chi connectivity index (χ3v) is 2.92. The van der Waals surface area contributed by atoms with E-state index in [1.54, 1.807) is 14.0 Å².